The third kappa shape index (κ3) is 2.94. The van der Waals surface area contributed by atoms with Crippen LogP contribution in [0.1, 0.15) is 12.5 Å². The Morgan fingerprint density at radius 3 is 2.94 bits per heavy atom. The lowest BCUT2D eigenvalue weighted by Crippen LogP contribution is -1.99. The van der Waals surface area contributed by atoms with Gasteiger partial charge in [0.2, 0.25) is 0 Å². The van der Waals surface area contributed by atoms with E-state index in [0.29, 0.717) is 12.2 Å². The second kappa shape index (κ2) is 5.69. The van der Waals surface area contributed by atoms with Crippen LogP contribution in [0.2, 0.25) is 0 Å². The standard InChI is InChI=1S/C10H13N3O3/c1-3-16-10-5-4-8(7-12-11-2)6-9(10)13(14)15/h4-7,11H,3H2,1-2H3/b12-7+. The zero-order valence-electron chi connectivity index (χ0n) is 9.14. The summed E-state index contributed by atoms with van der Waals surface area (Å²) < 4.78 is 5.16. The number of nitrogens with zero attached hydrogens (tertiary/aromatic N) is 2. The van der Waals surface area contributed by atoms with Gasteiger partial charge in [-0.05, 0) is 19.1 Å². The Kier molecular flexibility index (Phi) is 4.26. The Hall–Kier alpha value is -2.11. The van der Waals surface area contributed by atoms with E-state index in [4.69, 9.17) is 4.74 Å². The Bertz CT molecular complexity index is 404. The molecule has 0 aliphatic carbocycles. The lowest BCUT2D eigenvalue weighted by Gasteiger charge is -2.04. The van der Waals surface area contributed by atoms with Gasteiger partial charge in [-0.1, -0.05) is 0 Å². The molecule has 0 aromatic heterocycles. The van der Waals surface area contributed by atoms with Crippen LogP contribution in [-0.4, -0.2) is 24.8 Å². The van der Waals surface area contributed by atoms with Crippen LogP contribution in [0.5, 0.6) is 5.75 Å². The van der Waals surface area contributed by atoms with Gasteiger partial charge in [-0.15, -0.1) is 0 Å². The van der Waals surface area contributed by atoms with E-state index >= 15 is 0 Å². The van der Waals surface area contributed by atoms with Gasteiger partial charge in [0.25, 0.3) is 0 Å². The number of ether oxygens (including phenoxy) is 1. The number of nitro benzene ring substituents is 1. The highest BCUT2D eigenvalue weighted by atomic mass is 16.6. The summed E-state index contributed by atoms with van der Waals surface area (Å²) in [7, 11) is 1.65. The number of benzene rings is 1. The molecule has 0 saturated carbocycles. The monoisotopic (exact) mass is 223 g/mol. The maximum Gasteiger partial charge on any atom is 0.311 e. The van der Waals surface area contributed by atoms with Gasteiger partial charge in [0.05, 0.1) is 17.7 Å². The van der Waals surface area contributed by atoms with Crippen molar-refractivity contribution in [3.63, 3.8) is 0 Å². The highest BCUT2D eigenvalue weighted by molar-refractivity contribution is 5.81. The van der Waals surface area contributed by atoms with Gasteiger partial charge in [-0.25, -0.2) is 0 Å². The molecule has 0 spiro atoms. The normalized spacial score (nSPS) is 10.4. The smallest absolute Gasteiger partial charge is 0.311 e. The summed E-state index contributed by atoms with van der Waals surface area (Å²) in [6.45, 7) is 2.17. The van der Waals surface area contributed by atoms with E-state index in [0.717, 1.165) is 0 Å². The predicted molar refractivity (Wildman–Crippen MR) is 60.9 cm³/mol. The van der Waals surface area contributed by atoms with Crippen LogP contribution < -0.4 is 10.2 Å². The average Bonchev–Trinajstić information content (AvgIpc) is 2.27. The second-order valence-electron chi connectivity index (χ2n) is 2.90. The van der Waals surface area contributed by atoms with Crippen molar-refractivity contribution in [2.45, 2.75) is 6.92 Å². The molecule has 0 bridgehead atoms. The van der Waals surface area contributed by atoms with Crippen molar-refractivity contribution < 1.29 is 9.66 Å². The first kappa shape index (κ1) is 12.0. The minimum absolute atomic E-state index is 0.0538. The van der Waals surface area contributed by atoms with Gasteiger partial charge in [-0.2, -0.15) is 5.10 Å². The van der Waals surface area contributed by atoms with E-state index in [-0.39, 0.29) is 11.4 Å². The Morgan fingerprint density at radius 2 is 2.38 bits per heavy atom. The van der Waals surface area contributed by atoms with Crippen LogP contribution in [-0.2, 0) is 0 Å². The van der Waals surface area contributed by atoms with Crippen molar-refractivity contribution in [2.75, 3.05) is 13.7 Å². The quantitative estimate of drug-likeness (QED) is 0.466. The number of nitro groups is 1. The van der Waals surface area contributed by atoms with Crippen LogP contribution >= 0.6 is 0 Å². The highest BCUT2D eigenvalue weighted by Crippen LogP contribution is 2.27. The molecule has 0 amide bonds. The fourth-order valence-corrected chi connectivity index (χ4v) is 1.17. The molecule has 0 fully saturated rings. The summed E-state index contributed by atoms with van der Waals surface area (Å²) in [6.07, 6.45) is 1.50. The van der Waals surface area contributed by atoms with E-state index in [1.165, 1.54) is 12.3 Å². The van der Waals surface area contributed by atoms with Gasteiger partial charge in [0.15, 0.2) is 5.75 Å². The van der Waals surface area contributed by atoms with E-state index in [1.54, 1.807) is 26.1 Å². The van der Waals surface area contributed by atoms with E-state index in [9.17, 15) is 10.1 Å². The molecule has 0 atom stereocenters. The summed E-state index contributed by atoms with van der Waals surface area (Å²) in [5, 5.41) is 14.6. The maximum absolute atomic E-state index is 10.8. The van der Waals surface area contributed by atoms with Gasteiger partial charge in [0.1, 0.15) is 0 Å². The molecule has 86 valence electrons. The summed E-state index contributed by atoms with van der Waals surface area (Å²) in [5.41, 5.74) is 3.16. The third-order valence-electron chi connectivity index (χ3n) is 1.82. The van der Waals surface area contributed by atoms with Crippen molar-refractivity contribution in [1.29, 1.82) is 0 Å². The van der Waals surface area contributed by atoms with Crippen molar-refractivity contribution in [3.05, 3.63) is 33.9 Å². The zero-order chi connectivity index (χ0) is 12.0. The molecular weight excluding hydrogens is 210 g/mol. The van der Waals surface area contributed by atoms with Crippen LogP contribution in [0.4, 0.5) is 5.69 Å². The van der Waals surface area contributed by atoms with Crippen LogP contribution in [0.3, 0.4) is 0 Å². The molecular formula is C10H13N3O3. The van der Waals surface area contributed by atoms with Gasteiger partial charge in [0, 0.05) is 18.7 Å². The first-order chi connectivity index (χ1) is 7.69. The molecule has 0 aliphatic heterocycles. The lowest BCUT2D eigenvalue weighted by molar-refractivity contribution is -0.385. The molecule has 1 aromatic carbocycles. The summed E-state index contributed by atoms with van der Waals surface area (Å²) in [4.78, 5) is 10.3. The molecule has 6 nitrogen and oxygen atoms in total. The SMILES string of the molecule is CCOc1ccc(/C=N/NC)cc1[N+](=O)[O-]. The third-order valence-corrected chi connectivity index (χ3v) is 1.82. The topological polar surface area (TPSA) is 76.8 Å². The summed E-state index contributed by atoms with van der Waals surface area (Å²) in [5.74, 6) is 0.272. The summed E-state index contributed by atoms with van der Waals surface area (Å²) in [6, 6.07) is 4.70. The largest absolute Gasteiger partial charge is 0.487 e. The number of rotatable bonds is 5. The number of nitrogens with one attached hydrogen (secondary N) is 1. The molecule has 0 unspecified atom stereocenters. The van der Waals surface area contributed by atoms with Crippen LogP contribution in [0, 0.1) is 10.1 Å². The van der Waals surface area contributed by atoms with Crippen LogP contribution in [0.15, 0.2) is 23.3 Å². The van der Waals surface area contributed by atoms with Gasteiger partial charge in [-0.3, -0.25) is 10.1 Å². The van der Waals surface area contributed by atoms with Crippen molar-refractivity contribution >= 4 is 11.9 Å². The fraction of sp³-hybridized carbons (Fsp3) is 0.300. The Morgan fingerprint density at radius 1 is 1.62 bits per heavy atom. The number of hydrazone groups is 1. The minimum Gasteiger partial charge on any atom is -0.487 e. The van der Waals surface area contributed by atoms with E-state index < -0.39 is 4.92 Å². The highest BCUT2D eigenvalue weighted by Gasteiger charge is 2.14. The fourth-order valence-electron chi connectivity index (χ4n) is 1.17. The van der Waals surface area contributed by atoms with Crippen molar-refractivity contribution in [1.82, 2.24) is 5.43 Å². The van der Waals surface area contributed by atoms with E-state index in [2.05, 4.69) is 10.5 Å². The Balaban J connectivity index is 3.07. The predicted octanol–water partition coefficient (Wildman–Crippen LogP) is 1.55. The Labute approximate surface area is 93.1 Å². The minimum atomic E-state index is -0.471. The molecule has 6 heteroatoms. The lowest BCUT2D eigenvalue weighted by atomic mass is 10.2. The number of hydrogen-bond acceptors (Lipinski definition) is 5. The number of hydrogen-bond donors (Lipinski definition) is 1. The molecule has 0 heterocycles. The second-order valence-corrected chi connectivity index (χ2v) is 2.90. The molecule has 1 aromatic rings. The molecule has 0 radical (unpaired) electrons. The van der Waals surface area contributed by atoms with Gasteiger partial charge < -0.3 is 10.2 Å². The molecule has 0 saturated heterocycles. The van der Waals surface area contributed by atoms with E-state index in [1.807, 2.05) is 0 Å². The van der Waals surface area contributed by atoms with Gasteiger partial charge >= 0.3 is 5.69 Å². The first-order valence-electron chi connectivity index (χ1n) is 4.80. The maximum atomic E-state index is 10.8. The average molecular weight is 223 g/mol. The molecule has 16 heavy (non-hydrogen) atoms. The molecule has 0 aliphatic rings. The summed E-state index contributed by atoms with van der Waals surface area (Å²) >= 11 is 0. The molecule has 1 N–H and O–H groups in total. The van der Waals surface area contributed by atoms with Crippen molar-refractivity contribution in [2.24, 2.45) is 5.10 Å². The van der Waals surface area contributed by atoms with Crippen LogP contribution in [0.25, 0.3) is 0 Å². The van der Waals surface area contributed by atoms with Crippen molar-refractivity contribution in [3.8, 4) is 5.75 Å². The zero-order valence-corrected chi connectivity index (χ0v) is 9.14. The molecule has 1 rings (SSSR count). The first-order valence-corrected chi connectivity index (χ1v) is 4.80.